The van der Waals surface area contributed by atoms with Crippen LogP contribution in [0.25, 0.3) is 0 Å². The summed E-state index contributed by atoms with van der Waals surface area (Å²) < 4.78 is 5.79. The third-order valence-corrected chi connectivity index (χ3v) is 3.70. The zero-order valence-electron chi connectivity index (χ0n) is 11.8. The lowest BCUT2D eigenvalue weighted by molar-refractivity contribution is -0.384. The number of rotatable bonds is 4. The van der Waals surface area contributed by atoms with E-state index in [1.54, 1.807) is 13.1 Å². The summed E-state index contributed by atoms with van der Waals surface area (Å²) in [6.45, 7) is 0. The molecule has 0 radical (unpaired) electrons. The highest BCUT2D eigenvalue weighted by molar-refractivity contribution is 5.57. The van der Waals surface area contributed by atoms with Crippen molar-refractivity contribution in [1.29, 1.82) is 0 Å². The summed E-state index contributed by atoms with van der Waals surface area (Å²) in [5, 5.41) is 13.9. The molecule has 0 fully saturated rings. The number of nitro benzene ring substituents is 1. The normalized spacial score (nSPS) is 12.8. The first-order valence-electron chi connectivity index (χ1n) is 6.92. The highest BCUT2D eigenvalue weighted by Gasteiger charge is 2.13. The van der Waals surface area contributed by atoms with Crippen molar-refractivity contribution in [3.63, 3.8) is 0 Å². The summed E-state index contributed by atoms with van der Waals surface area (Å²) in [5.41, 5.74) is 3.35. The second-order valence-electron chi connectivity index (χ2n) is 5.11. The number of non-ortho nitro benzene ring substituents is 1. The van der Waals surface area contributed by atoms with Crippen molar-refractivity contribution in [1.82, 2.24) is 0 Å². The fraction of sp³-hybridized carbons (Fsp3) is 0.250. The maximum atomic E-state index is 10.9. The molecular weight excluding hydrogens is 268 g/mol. The molecule has 108 valence electrons. The number of nitro groups is 1. The number of ether oxygens (including phenoxy) is 1. The lowest BCUT2D eigenvalue weighted by Gasteiger charge is -2.09. The minimum absolute atomic E-state index is 0.0120. The summed E-state index contributed by atoms with van der Waals surface area (Å²) in [5.74, 6) is 1.18. The van der Waals surface area contributed by atoms with Gasteiger partial charge in [0.2, 0.25) is 0 Å². The number of nitrogens with zero attached hydrogens (tertiary/aromatic N) is 1. The van der Waals surface area contributed by atoms with Crippen LogP contribution in [0.4, 0.5) is 11.4 Å². The maximum Gasteiger partial charge on any atom is 0.275 e. The van der Waals surface area contributed by atoms with Crippen LogP contribution in [0.3, 0.4) is 0 Å². The van der Waals surface area contributed by atoms with Gasteiger partial charge >= 0.3 is 0 Å². The minimum Gasteiger partial charge on any atom is -0.457 e. The highest BCUT2D eigenvalue weighted by atomic mass is 16.6. The van der Waals surface area contributed by atoms with Crippen molar-refractivity contribution in [2.45, 2.75) is 19.3 Å². The van der Waals surface area contributed by atoms with E-state index in [0.717, 1.165) is 18.6 Å². The van der Waals surface area contributed by atoms with Gasteiger partial charge in [-0.3, -0.25) is 10.1 Å². The molecule has 0 unspecified atom stereocenters. The third kappa shape index (κ3) is 2.81. The number of hydrogen-bond donors (Lipinski definition) is 1. The summed E-state index contributed by atoms with van der Waals surface area (Å²) in [7, 11) is 1.72. The number of anilines is 1. The Morgan fingerprint density at radius 2 is 1.90 bits per heavy atom. The van der Waals surface area contributed by atoms with Crippen molar-refractivity contribution >= 4 is 11.4 Å². The Morgan fingerprint density at radius 1 is 1.10 bits per heavy atom. The average molecular weight is 284 g/mol. The van der Waals surface area contributed by atoms with Crippen molar-refractivity contribution in [2.75, 3.05) is 12.4 Å². The second-order valence-corrected chi connectivity index (χ2v) is 5.11. The van der Waals surface area contributed by atoms with Gasteiger partial charge in [0.15, 0.2) is 0 Å². The molecule has 2 aromatic rings. The van der Waals surface area contributed by atoms with E-state index in [0.29, 0.717) is 11.4 Å². The van der Waals surface area contributed by atoms with Crippen LogP contribution in [0, 0.1) is 10.1 Å². The first kappa shape index (κ1) is 13.4. The largest absolute Gasteiger partial charge is 0.457 e. The molecule has 1 aliphatic rings. The Kier molecular flexibility index (Phi) is 3.48. The maximum absolute atomic E-state index is 10.9. The van der Waals surface area contributed by atoms with E-state index in [1.807, 2.05) is 12.1 Å². The molecule has 5 heteroatoms. The van der Waals surface area contributed by atoms with Crippen LogP contribution < -0.4 is 10.1 Å². The molecule has 0 aromatic heterocycles. The SMILES string of the molecule is CNc1cc(Oc2ccc3c(c2)CCC3)cc([N+](=O)[O-])c1. The van der Waals surface area contributed by atoms with Crippen LogP contribution >= 0.6 is 0 Å². The molecule has 0 heterocycles. The predicted molar refractivity (Wildman–Crippen MR) is 81.2 cm³/mol. The zero-order valence-corrected chi connectivity index (χ0v) is 11.8. The molecule has 21 heavy (non-hydrogen) atoms. The quantitative estimate of drug-likeness (QED) is 0.682. The van der Waals surface area contributed by atoms with Gasteiger partial charge < -0.3 is 10.1 Å². The molecule has 5 nitrogen and oxygen atoms in total. The van der Waals surface area contributed by atoms with Crippen molar-refractivity contribution < 1.29 is 9.66 Å². The van der Waals surface area contributed by atoms with Gasteiger partial charge in [0, 0.05) is 24.9 Å². The minimum atomic E-state index is -0.420. The molecule has 0 aliphatic heterocycles. The Labute approximate surface area is 122 Å². The van der Waals surface area contributed by atoms with E-state index in [4.69, 9.17) is 4.74 Å². The van der Waals surface area contributed by atoms with Crippen LogP contribution in [0.15, 0.2) is 36.4 Å². The summed E-state index contributed by atoms with van der Waals surface area (Å²) in [4.78, 5) is 10.5. The van der Waals surface area contributed by atoms with Gasteiger partial charge in [0.05, 0.1) is 11.0 Å². The number of nitrogens with one attached hydrogen (secondary N) is 1. The fourth-order valence-electron chi connectivity index (χ4n) is 2.64. The van der Waals surface area contributed by atoms with E-state index in [1.165, 1.54) is 29.7 Å². The summed E-state index contributed by atoms with van der Waals surface area (Å²) in [6.07, 6.45) is 3.37. The highest BCUT2D eigenvalue weighted by Crippen LogP contribution is 2.32. The smallest absolute Gasteiger partial charge is 0.275 e. The van der Waals surface area contributed by atoms with Crippen molar-refractivity contribution in [2.24, 2.45) is 0 Å². The van der Waals surface area contributed by atoms with Crippen LogP contribution in [-0.4, -0.2) is 12.0 Å². The molecule has 3 rings (SSSR count). The number of hydrogen-bond acceptors (Lipinski definition) is 4. The molecule has 0 spiro atoms. The standard InChI is InChI=1S/C16H16N2O3/c1-17-13-8-14(18(19)20)10-16(9-13)21-15-6-5-11-3-2-4-12(11)7-15/h5-10,17H,2-4H2,1H3. The van der Waals surface area contributed by atoms with E-state index in [-0.39, 0.29) is 5.69 Å². The predicted octanol–water partition coefficient (Wildman–Crippen LogP) is 3.92. The Morgan fingerprint density at radius 3 is 2.67 bits per heavy atom. The number of aryl methyl sites for hydroxylation is 2. The van der Waals surface area contributed by atoms with E-state index < -0.39 is 4.92 Å². The van der Waals surface area contributed by atoms with Gasteiger partial charge in [-0.25, -0.2) is 0 Å². The van der Waals surface area contributed by atoms with Gasteiger partial charge in [0.25, 0.3) is 5.69 Å². The molecule has 0 atom stereocenters. The molecule has 1 N–H and O–H groups in total. The molecule has 2 aromatic carbocycles. The fourth-order valence-corrected chi connectivity index (χ4v) is 2.64. The third-order valence-electron chi connectivity index (χ3n) is 3.70. The molecule has 0 saturated carbocycles. The molecule has 0 amide bonds. The van der Waals surface area contributed by atoms with Crippen LogP contribution in [-0.2, 0) is 12.8 Å². The van der Waals surface area contributed by atoms with Crippen molar-refractivity contribution in [3.8, 4) is 11.5 Å². The lowest BCUT2D eigenvalue weighted by atomic mass is 10.1. The van der Waals surface area contributed by atoms with Gasteiger partial charge in [-0.2, -0.15) is 0 Å². The Balaban J connectivity index is 1.90. The Bertz CT molecular complexity index is 698. The van der Waals surface area contributed by atoms with Crippen LogP contribution in [0.5, 0.6) is 11.5 Å². The molecular formula is C16H16N2O3. The zero-order chi connectivity index (χ0) is 14.8. The number of benzene rings is 2. The summed E-state index contributed by atoms with van der Waals surface area (Å²) >= 11 is 0. The van der Waals surface area contributed by atoms with Gasteiger partial charge in [0.1, 0.15) is 11.5 Å². The topological polar surface area (TPSA) is 64.4 Å². The van der Waals surface area contributed by atoms with Crippen LogP contribution in [0.1, 0.15) is 17.5 Å². The molecule has 1 aliphatic carbocycles. The van der Waals surface area contributed by atoms with E-state index in [9.17, 15) is 10.1 Å². The van der Waals surface area contributed by atoms with Gasteiger partial charge in [-0.05, 0) is 42.5 Å². The van der Waals surface area contributed by atoms with Crippen LogP contribution in [0.2, 0.25) is 0 Å². The first-order chi connectivity index (χ1) is 10.2. The van der Waals surface area contributed by atoms with Gasteiger partial charge in [-0.1, -0.05) is 6.07 Å². The summed E-state index contributed by atoms with van der Waals surface area (Å²) in [6, 6.07) is 10.7. The van der Waals surface area contributed by atoms with Gasteiger partial charge in [-0.15, -0.1) is 0 Å². The molecule has 0 bridgehead atoms. The lowest BCUT2D eigenvalue weighted by Crippen LogP contribution is -1.95. The van der Waals surface area contributed by atoms with E-state index in [2.05, 4.69) is 11.4 Å². The number of fused-ring (bicyclic) bond motifs is 1. The molecule has 0 saturated heterocycles. The van der Waals surface area contributed by atoms with Crippen molar-refractivity contribution in [3.05, 3.63) is 57.6 Å². The first-order valence-corrected chi connectivity index (χ1v) is 6.92. The second kappa shape index (κ2) is 5.44. The average Bonchev–Trinajstić information content (AvgIpc) is 2.94. The Hall–Kier alpha value is -2.56. The monoisotopic (exact) mass is 284 g/mol. The van der Waals surface area contributed by atoms with E-state index >= 15 is 0 Å².